The Hall–Kier alpha value is -1.37. The van der Waals surface area contributed by atoms with Crippen molar-refractivity contribution in [3.05, 3.63) is 10.7 Å². The Morgan fingerprint density at radius 3 is 2.81 bits per heavy atom. The molecule has 0 aliphatic carbocycles. The van der Waals surface area contributed by atoms with Gasteiger partial charge in [-0.05, 0) is 49.0 Å². The molecule has 7 heteroatoms. The first-order chi connectivity index (χ1) is 10.1. The van der Waals surface area contributed by atoms with Gasteiger partial charge in [0, 0.05) is 25.8 Å². The minimum atomic E-state index is -0.302. The molecule has 1 unspecified atom stereocenters. The monoisotopic (exact) mass is 355 g/mol. The average molecular weight is 356 g/mol. The highest BCUT2D eigenvalue weighted by Gasteiger charge is 2.22. The van der Waals surface area contributed by atoms with Crippen LogP contribution in [0.4, 0.5) is 11.8 Å². The van der Waals surface area contributed by atoms with Gasteiger partial charge >= 0.3 is 0 Å². The fourth-order valence-corrected chi connectivity index (χ4v) is 2.67. The second kappa shape index (κ2) is 7.59. The second-order valence-corrected chi connectivity index (χ2v) is 6.03. The first-order valence-electron chi connectivity index (χ1n) is 7.43. The van der Waals surface area contributed by atoms with Gasteiger partial charge in [-0.25, -0.2) is 4.98 Å². The molecule has 1 aromatic rings. The number of nitrogens with one attached hydrogen (secondary N) is 2. The Bertz CT molecular complexity index is 490. The molecule has 6 nitrogen and oxygen atoms in total. The summed E-state index contributed by atoms with van der Waals surface area (Å²) in [7, 11) is 0. The van der Waals surface area contributed by atoms with Crippen molar-refractivity contribution in [2.45, 2.75) is 39.2 Å². The van der Waals surface area contributed by atoms with E-state index in [0.717, 1.165) is 36.9 Å². The third kappa shape index (κ3) is 4.30. The van der Waals surface area contributed by atoms with E-state index in [-0.39, 0.29) is 11.9 Å². The molecule has 0 aromatic carbocycles. The lowest BCUT2D eigenvalue weighted by Gasteiger charge is -2.29. The zero-order chi connectivity index (χ0) is 15.2. The number of hydrogen-bond acceptors (Lipinski definition) is 5. The van der Waals surface area contributed by atoms with E-state index in [1.165, 1.54) is 6.42 Å². The molecule has 2 rings (SSSR count). The third-order valence-electron chi connectivity index (χ3n) is 3.47. The zero-order valence-electron chi connectivity index (χ0n) is 12.5. The predicted octanol–water partition coefficient (Wildman–Crippen LogP) is 2.48. The molecule has 0 spiro atoms. The van der Waals surface area contributed by atoms with E-state index in [9.17, 15) is 4.79 Å². The summed E-state index contributed by atoms with van der Waals surface area (Å²) in [4.78, 5) is 22.9. The molecule has 1 aromatic heterocycles. The van der Waals surface area contributed by atoms with Crippen LogP contribution >= 0.6 is 15.9 Å². The fourth-order valence-electron chi connectivity index (χ4n) is 2.37. The standard InChI is InChI=1S/C14H22BrN5O/c1-3-16-14-17-9-11(15)12(19-14)18-10(2)13(21)20-7-5-4-6-8-20/h9-10H,3-8H2,1-2H3,(H2,16,17,18,19). The smallest absolute Gasteiger partial charge is 0.244 e. The van der Waals surface area contributed by atoms with Crippen LogP contribution in [0.2, 0.25) is 0 Å². The summed E-state index contributed by atoms with van der Waals surface area (Å²) in [5, 5.41) is 6.24. The van der Waals surface area contributed by atoms with Gasteiger partial charge in [0.1, 0.15) is 11.9 Å². The Morgan fingerprint density at radius 2 is 2.14 bits per heavy atom. The first kappa shape index (κ1) is 16.0. The van der Waals surface area contributed by atoms with E-state index < -0.39 is 0 Å². The van der Waals surface area contributed by atoms with Crippen LogP contribution in [-0.4, -0.2) is 46.5 Å². The third-order valence-corrected chi connectivity index (χ3v) is 4.05. The Balaban J connectivity index is 2.02. The zero-order valence-corrected chi connectivity index (χ0v) is 14.1. The number of piperidine rings is 1. The fraction of sp³-hybridized carbons (Fsp3) is 0.643. The summed E-state index contributed by atoms with van der Waals surface area (Å²) < 4.78 is 0.752. The maximum Gasteiger partial charge on any atom is 0.244 e. The number of carbonyl (C=O) groups excluding carboxylic acids is 1. The number of anilines is 2. The number of amides is 1. The number of rotatable bonds is 5. The van der Waals surface area contributed by atoms with E-state index in [2.05, 4.69) is 36.5 Å². The van der Waals surface area contributed by atoms with E-state index in [0.29, 0.717) is 11.8 Å². The summed E-state index contributed by atoms with van der Waals surface area (Å²) in [6.45, 7) is 6.33. The number of likely N-dealkylation sites (tertiary alicyclic amines) is 1. The number of nitrogens with zero attached hydrogens (tertiary/aromatic N) is 3. The topological polar surface area (TPSA) is 70.2 Å². The van der Waals surface area contributed by atoms with Gasteiger partial charge in [-0.1, -0.05) is 0 Å². The molecule has 1 atom stereocenters. The second-order valence-electron chi connectivity index (χ2n) is 5.17. The summed E-state index contributed by atoms with van der Waals surface area (Å²) in [6.07, 6.45) is 5.10. The number of aromatic nitrogens is 2. The molecule has 2 heterocycles. The number of carbonyl (C=O) groups is 1. The predicted molar refractivity (Wildman–Crippen MR) is 87.4 cm³/mol. The van der Waals surface area contributed by atoms with E-state index in [4.69, 9.17) is 0 Å². The molecule has 1 aliphatic rings. The highest BCUT2D eigenvalue weighted by Crippen LogP contribution is 2.21. The highest BCUT2D eigenvalue weighted by atomic mass is 79.9. The molecule has 1 saturated heterocycles. The lowest BCUT2D eigenvalue weighted by Crippen LogP contribution is -2.44. The maximum atomic E-state index is 12.4. The van der Waals surface area contributed by atoms with Gasteiger partial charge in [0.2, 0.25) is 11.9 Å². The van der Waals surface area contributed by atoms with Crippen LogP contribution < -0.4 is 10.6 Å². The molecule has 1 amide bonds. The van der Waals surface area contributed by atoms with Crippen LogP contribution in [0, 0.1) is 0 Å². The van der Waals surface area contributed by atoms with Gasteiger partial charge in [0.15, 0.2) is 0 Å². The van der Waals surface area contributed by atoms with Crippen molar-refractivity contribution >= 4 is 33.6 Å². The van der Waals surface area contributed by atoms with Gasteiger partial charge in [0.05, 0.1) is 4.47 Å². The molecule has 1 fully saturated rings. The molecule has 0 saturated carbocycles. The number of halogens is 1. The average Bonchev–Trinajstić information content (AvgIpc) is 2.51. The van der Waals surface area contributed by atoms with Gasteiger partial charge < -0.3 is 15.5 Å². The van der Waals surface area contributed by atoms with E-state index in [1.807, 2.05) is 18.7 Å². The molecule has 2 N–H and O–H groups in total. The minimum Gasteiger partial charge on any atom is -0.358 e. The van der Waals surface area contributed by atoms with Gasteiger partial charge in [-0.3, -0.25) is 4.79 Å². The van der Waals surface area contributed by atoms with Crippen molar-refractivity contribution in [2.24, 2.45) is 0 Å². The van der Waals surface area contributed by atoms with Crippen molar-refractivity contribution in [3.63, 3.8) is 0 Å². The largest absolute Gasteiger partial charge is 0.358 e. The summed E-state index contributed by atoms with van der Waals surface area (Å²) in [5.74, 6) is 1.32. The van der Waals surface area contributed by atoms with Gasteiger partial charge in [-0.2, -0.15) is 4.98 Å². The van der Waals surface area contributed by atoms with Crippen LogP contribution in [0.3, 0.4) is 0 Å². The Morgan fingerprint density at radius 1 is 1.43 bits per heavy atom. The van der Waals surface area contributed by atoms with Crippen molar-refractivity contribution in [1.29, 1.82) is 0 Å². The molecule has 1 aliphatic heterocycles. The lowest BCUT2D eigenvalue weighted by molar-refractivity contribution is -0.132. The molecular weight excluding hydrogens is 334 g/mol. The van der Waals surface area contributed by atoms with Gasteiger partial charge in [-0.15, -0.1) is 0 Å². The lowest BCUT2D eigenvalue weighted by atomic mass is 10.1. The normalized spacial score (nSPS) is 16.4. The minimum absolute atomic E-state index is 0.130. The first-order valence-corrected chi connectivity index (χ1v) is 8.23. The Labute approximate surface area is 133 Å². The van der Waals surface area contributed by atoms with E-state index >= 15 is 0 Å². The van der Waals surface area contributed by atoms with Gasteiger partial charge in [0.25, 0.3) is 0 Å². The van der Waals surface area contributed by atoms with E-state index in [1.54, 1.807) is 6.20 Å². The molecular formula is C14H22BrN5O. The van der Waals surface area contributed by atoms with Crippen molar-refractivity contribution in [3.8, 4) is 0 Å². The highest BCUT2D eigenvalue weighted by molar-refractivity contribution is 9.10. The molecule has 116 valence electrons. The maximum absolute atomic E-state index is 12.4. The van der Waals surface area contributed by atoms with Crippen LogP contribution in [0.1, 0.15) is 33.1 Å². The van der Waals surface area contributed by atoms with Crippen molar-refractivity contribution < 1.29 is 4.79 Å². The number of hydrogen-bond donors (Lipinski definition) is 2. The summed E-state index contributed by atoms with van der Waals surface area (Å²) in [5.41, 5.74) is 0. The van der Waals surface area contributed by atoms with Crippen LogP contribution in [0.5, 0.6) is 0 Å². The quantitative estimate of drug-likeness (QED) is 0.848. The van der Waals surface area contributed by atoms with Crippen LogP contribution in [0.25, 0.3) is 0 Å². The Kier molecular flexibility index (Phi) is 5.78. The molecule has 0 bridgehead atoms. The molecule has 21 heavy (non-hydrogen) atoms. The summed E-state index contributed by atoms with van der Waals surface area (Å²) in [6, 6.07) is -0.302. The van der Waals surface area contributed by atoms with Crippen molar-refractivity contribution in [1.82, 2.24) is 14.9 Å². The van der Waals surface area contributed by atoms with Crippen LogP contribution in [-0.2, 0) is 4.79 Å². The SMILES string of the molecule is CCNc1ncc(Br)c(NC(C)C(=O)N2CCCCC2)n1. The summed E-state index contributed by atoms with van der Waals surface area (Å²) >= 11 is 3.42. The van der Waals surface area contributed by atoms with Crippen LogP contribution in [0.15, 0.2) is 10.7 Å². The molecule has 0 radical (unpaired) electrons. The van der Waals surface area contributed by atoms with Crippen molar-refractivity contribution in [2.75, 3.05) is 30.3 Å².